The summed E-state index contributed by atoms with van der Waals surface area (Å²) in [5.74, 6) is -0.121. The van der Waals surface area contributed by atoms with Crippen molar-refractivity contribution in [3.8, 4) is 5.75 Å². The number of methoxy groups -OCH3 is 1. The highest BCUT2D eigenvalue weighted by Gasteiger charge is 2.18. The van der Waals surface area contributed by atoms with Crippen LogP contribution in [0.1, 0.15) is 35.5 Å². The van der Waals surface area contributed by atoms with Crippen molar-refractivity contribution in [2.45, 2.75) is 26.8 Å². The summed E-state index contributed by atoms with van der Waals surface area (Å²) in [5, 5.41) is 11.6. The average Bonchev–Trinajstić information content (AvgIpc) is 2.47. The van der Waals surface area contributed by atoms with E-state index < -0.39 is 0 Å². The third-order valence-corrected chi connectivity index (χ3v) is 3.37. The first-order valence-corrected chi connectivity index (χ1v) is 6.94. The number of nitrogens with zero attached hydrogens (tertiary/aromatic N) is 2. The van der Waals surface area contributed by atoms with Gasteiger partial charge in [0.15, 0.2) is 11.6 Å². The van der Waals surface area contributed by atoms with Crippen molar-refractivity contribution < 1.29 is 9.13 Å². The zero-order valence-electron chi connectivity index (χ0n) is 12.8. The van der Waals surface area contributed by atoms with Gasteiger partial charge in [-0.2, -0.15) is 10.2 Å². The number of halogens is 1. The van der Waals surface area contributed by atoms with Crippen LogP contribution in [-0.4, -0.2) is 23.9 Å². The Balaban J connectivity index is 2.48. The van der Waals surface area contributed by atoms with E-state index in [1.54, 1.807) is 6.07 Å². The molecule has 112 valence electrons. The van der Waals surface area contributed by atoms with Crippen LogP contribution in [0.2, 0.25) is 0 Å². The summed E-state index contributed by atoms with van der Waals surface area (Å²) in [7, 11) is 1.46. The number of aromatic nitrogens is 2. The van der Waals surface area contributed by atoms with Gasteiger partial charge in [-0.05, 0) is 49.7 Å². The third-order valence-electron chi connectivity index (χ3n) is 3.37. The number of ether oxygens (including phenoxy) is 1. The predicted octanol–water partition coefficient (Wildman–Crippen LogP) is 2.94. The molecule has 0 aliphatic heterocycles. The summed E-state index contributed by atoms with van der Waals surface area (Å²) in [4.78, 5) is 0. The first-order chi connectivity index (χ1) is 10.1. The molecule has 2 rings (SSSR count). The molecule has 0 saturated carbocycles. The maximum absolute atomic E-state index is 14.0. The SMILES string of the molecule is CCNC(c1ccc(OC)c(F)c1)c1cc(C)nnc1C. The van der Waals surface area contributed by atoms with Gasteiger partial charge in [-0.25, -0.2) is 4.39 Å². The molecule has 21 heavy (non-hydrogen) atoms. The molecule has 1 N–H and O–H groups in total. The van der Waals surface area contributed by atoms with Crippen molar-refractivity contribution >= 4 is 0 Å². The number of aryl methyl sites for hydroxylation is 2. The highest BCUT2D eigenvalue weighted by molar-refractivity contribution is 5.38. The molecule has 1 atom stereocenters. The van der Waals surface area contributed by atoms with Crippen molar-refractivity contribution in [3.63, 3.8) is 0 Å². The van der Waals surface area contributed by atoms with Crippen LogP contribution in [0.4, 0.5) is 4.39 Å². The maximum atomic E-state index is 14.0. The van der Waals surface area contributed by atoms with E-state index in [0.29, 0.717) is 0 Å². The zero-order valence-corrected chi connectivity index (χ0v) is 12.8. The zero-order chi connectivity index (χ0) is 15.4. The number of hydrogen-bond acceptors (Lipinski definition) is 4. The summed E-state index contributed by atoms with van der Waals surface area (Å²) in [5.41, 5.74) is 3.52. The Labute approximate surface area is 124 Å². The first-order valence-electron chi connectivity index (χ1n) is 6.94. The van der Waals surface area contributed by atoms with Gasteiger partial charge in [-0.1, -0.05) is 13.0 Å². The maximum Gasteiger partial charge on any atom is 0.165 e. The minimum Gasteiger partial charge on any atom is -0.494 e. The lowest BCUT2D eigenvalue weighted by Crippen LogP contribution is -2.23. The second-order valence-corrected chi connectivity index (χ2v) is 4.91. The van der Waals surface area contributed by atoms with Gasteiger partial charge in [0.2, 0.25) is 0 Å². The van der Waals surface area contributed by atoms with Gasteiger partial charge in [-0.3, -0.25) is 0 Å². The number of rotatable bonds is 5. The van der Waals surface area contributed by atoms with Gasteiger partial charge in [0.05, 0.1) is 24.5 Å². The fourth-order valence-corrected chi connectivity index (χ4v) is 2.34. The Morgan fingerprint density at radius 2 is 2.00 bits per heavy atom. The van der Waals surface area contributed by atoms with Crippen molar-refractivity contribution in [3.05, 3.63) is 52.6 Å². The molecule has 0 saturated heterocycles. The summed E-state index contributed by atoms with van der Waals surface area (Å²) in [6.45, 7) is 6.59. The van der Waals surface area contributed by atoms with Crippen LogP contribution >= 0.6 is 0 Å². The molecule has 0 fully saturated rings. The highest BCUT2D eigenvalue weighted by atomic mass is 19.1. The van der Waals surface area contributed by atoms with Crippen LogP contribution in [0.15, 0.2) is 24.3 Å². The number of benzene rings is 1. The molecule has 0 aliphatic carbocycles. The Kier molecular flexibility index (Phi) is 4.85. The van der Waals surface area contributed by atoms with E-state index in [-0.39, 0.29) is 17.6 Å². The van der Waals surface area contributed by atoms with E-state index in [4.69, 9.17) is 4.74 Å². The van der Waals surface area contributed by atoms with E-state index in [9.17, 15) is 4.39 Å². The van der Waals surface area contributed by atoms with Crippen molar-refractivity contribution in [1.29, 1.82) is 0 Å². The van der Waals surface area contributed by atoms with Gasteiger partial charge in [0.25, 0.3) is 0 Å². The van der Waals surface area contributed by atoms with Gasteiger partial charge in [-0.15, -0.1) is 0 Å². The molecule has 1 heterocycles. The monoisotopic (exact) mass is 289 g/mol. The lowest BCUT2D eigenvalue weighted by Gasteiger charge is -2.21. The minimum absolute atomic E-state index is 0.121. The number of nitrogens with one attached hydrogen (secondary N) is 1. The smallest absolute Gasteiger partial charge is 0.165 e. The minimum atomic E-state index is -0.366. The molecule has 0 bridgehead atoms. The fraction of sp³-hybridized carbons (Fsp3) is 0.375. The molecular formula is C16H20FN3O. The molecule has 5 heteroatoms. The predicted molar refractivity (Wildman–Crippen MR) is 80.0 cm³/mol. The number of hydrogen-bond donors (Lipinski definition) is 1. The average molecular weight is 289 g/mol. The van der Waals surface area contributed by atoms with Crippen molar-refractivity contribution in [2.24, 2.45) is 0 Å². The van der Waals surface area contributed by atoms with Crippen LogP contribution in [0.5, 0.6) is 5.75 Å². The second kappa shape index (κ2) is 6.63. The summed E-state index contributed by atoms with van der Waals surface area (Å²) < 4.78 is 18.9. The molecule has 4 nitrogen and oxygen atoms in total. The van der Waals surface area contributed by atoms with Crippen molar-refractivity contribution in [1.82, 2.24) is 15.5 Å². The Hall–Kier alpha value is -2.01. The standard InChI is InChI=1S/C16H20FN3O/c1-5-18-16(13-8-10(2)19-20-11(13)3)12-6-7-15(21-4)14(17)9-12/h6-9,16,18H,5H2,1-4H3. The van der Waals surface area contributed by atoms with Gasteiger partial charge >= 0.3 is 0 Å². The molecule has 1 aromatic carbocycles. The Morgan fingerprint density at radius 1 is 1.24 bits per heavy atom. The Morgan fingerprint density at radius 3 is 2.62 bits per heavy atom. The Bertz CT molecular complexity index is 631. The normalized spacial score (nSPS) is 12.2. The van der Waals surface area contributed by atoms with E-state index in [1.807, 2.05) is 32.9 Å². The fourth-order valence-electron chi connectivity index (χ4n) is 2.34. The second-order valence-electron chi connectivity index (χ2n) is 4.91. The molecule has 0 aliphatic rings. The molecular weight excluding hydrogens is 269 g/mol. The third kappa shape index (κ3) is 3.36. The highest BCUT2D eigenvalue weighted by Crippen LogP contribution is 2.27. The van der Waals surface area contributed by atoms with E-state index in [1.165, 1.54) is 13.2 Å². The molecule has 2 aromatic rings. The van der Waals surface area contributed by atoms with Gasteiger partial charge in [0.1, 0.15) is 0 Å². The summed E-state index contributed by atoms with van der Waals surface area (Å²) in [6.07, 6.45) is 0. The topological polar surface area (TPSA) is 47.0 Å². The quantitative estimate of drug-likeness (QED) is 0.919. The van der Waals surface area contributed by atoms with Crippen LogP contribution < -0.4 is 10.1 Å². The lowest BCUT2D eigenvalue weighted by molar-refractivity contribution is 0.385. The van der Waals surface area contributed by atoms with Gasteiger partial charge < -0.3 is 10.1 Å². The first kappa shape index (κ1) is 15.4. The van der Waals surface area contributed by atoms with E-state index in [2.05, 4.69) is 15.5 Å². The summed E-state index contributed by atoms with van der Waals surface area (Å²) >= 11 is 0. The van der Waals surface area contributed by atoms with Crippen LogP contribution in [0.25, 0.3) is 0 Å². The van der Waals surface area contributed by atoms with Crippen LogP contribution in [0.3, 0.4) is 0 Å². The molecule has 0 spiro atoms. The molecule has 0 amide bonds. The van der Waals surface area contributed by atoms with Crippen LogP contribution in [0, 0.1) is 19.7 Å². The lowest BCUT2D eigenvalue weighted by atomic mass is 9.97. The molecule has 1 unspecified atom stereocenters. The van der Waals surface area contributed by atoms with Crippen LogP contribution in [-0.2, 0) is 0 Å². The largest absolute Gasteiger partial charge is 0.494 e. The summed E-state index contributed by atoms with van der Waals surface area (Å²) in [6, 6.07) is 6.87. The van der Waals surface area contributed by atoms with E-state index >= 15 is 0 Å². The van der Waals surface area contributed by atoms with Gasteiger partial charge in [0, 0.05) is 0 Å². The molecule has 1 aromatic heterocycles. The van der Waals surface area contributed by atoms with Crippen molar-refractivity contribution in [2.75, 3.05) is 13.7 Å². The molecule has 0 radical (unpaired) electrons. The van der Waals surface area contributed by atoms with E-state index in [0.717, 1.165) is 29.1 Å².